The van der Waals surface area contributed by atoms with Crippen LogP contribution >= 0.6 is 0 Å². The van der Waals surface area contributed by atoms with Gasteiger partial charge in [-0.05, 0) is 80.4 Å². The van der Waals surface area contributed by atoms with Gasteiger partial charge in [-0.2, -0.15) is 4.31 Å². The highest BCUT2D eigenvalue weighted by atomic mass is 32.2. The van der Waals surface area contributed by atoms with Crippen LogP contribution < -0.4 is 5.32 Å². The van der Waals surface area contributed by atoms with E-state index < -0.39 is 10.0 Å². The highest BCUT2D eigenvalue weighted by Gasteiger charge is 2.29. The van der Waals surface area contributed by atoms with Crippen LogP contribution in [0, 0.1) is 12.8 Å². The van der Waals surface area contributed by atoms with Crippen molar-refractivity contribution >= 4 is 15.9 Å². The summed E-state index contributed by atoms with van der Waals surface area (Å²) in [6.07, 6.45) is 5.64. The van der Waals surface area contributed by atoms with Gasteiger partial charge in [-0.25, -0.2) is 8.42 Å². The molecule has 2 aliphatic rings. The summed E-state index contributed by atoms with van der Waals surface area (Å²) in [6.45, 7) is 8.78. The minimum absolute atomic E-state index is 0.194. The van der Waals surface area contributed by atoms with Crippen molar-refractivity contribution in [2.24, 2.45) is 5.92 Å². The van der Waals surface area contributed by atoms with Gasteiger partial charge in [-0.1, -0.05) is 43.7 Å². The molecular formula is C27H37N3O3S. The number of nitrogens with zero attached hydrogens (tertiary/aromatic N) is 2. The average molecular weight is 484 g/mol. The lowest BCUT2D eigenvalue weighted by Gasteiger charge is -2.29. The number of carbonyl (C=O) groups excluding carboxylic acids is 1. The normalized spacial score (nSPS) is 18.6. The van der Waals surface area contributed by atoms with Gasteiger partial charge in [0.05, 0.1) is 4.90 Å². The third-order valence-electron chi connectivity index (χ3n) is 7.16. The Labute approximate surface area is 204 Å². The van der Waals surface area contributed by atoms with Crippen LogP contribution in [0.5, 0.6) is 0 Å². The van der Waals surface area contributed by atoms with E-state index >= 15 is 0 Å². The van der Waals surface area contributed by atoms with E-state index in [-0.39, 0.29) is 10.8 Å². The fourth-order valence-electron chi connectivity index (χ4n) is 4.80. The molecule has 1 amide bonds. The zero-order valence-electron chi connectivity index (χ0n) is 20.4. The molecule has 2 aromatic rings. The Kier molecular flexibility index (Phi) is 8.06. The smallest absolute Gasteiger partial charge is 0.251 e. The lowest BCUT2D eigenvalue weighted by atomic mass is 10.0. The lowest BCUT2D eigenvalue weighted by molar-refractivity contribution is 0.0950. The number of sulfonamides is 1. The number of likely N-dealkylation sites (tertiary alicyclic amines) is 1. The molecule has 6 nitrogen and oxygen atoms in total. The second-order valence-electron chi connectivity index (χ2n) is 9.90. The molecule has 2 aromatic carbocycles. The van der Waals surface area contributed by atoms with Crippen LogP contribution in [0.3, 0.4) is 0 Å². The highest BCUT2D eigenvalue weighted by molar-refractivity contribution is 7.89. The summed E-state index contributed by atoms with van der Waals surface area (Å²) in [5.41, 5.74) is 3.49. The summed E-state index contributed by atoms with van der Waals surface area (Å²) < 4.78 is 27.8. The van der Waals surface area contributed by atoms with E-state index in [0.717, 1.165) is 30.5 Å². The second kappa shape index (κ2) is 11.0. The zero-order valence-corrected chi connectivity index (χ0v) is 21.2. The largest absolute Gasteiger partial charge is 0.348 e. The number of aryl methyl sites for hydroxylation is 1. The second-order valence-corrected chi connectivity index (χ2v) is 11.8. The third kappa shape index (κ3) is 6.06. The number of hydrogen-bond donors (Lipinski definition) is 1. The van der Waals surface area contributed by atoms with Crippen LogP contribution in [-0.4, -0.2) is 49.7 Å². The van der Waals surface area contributed by atoms with E-state index in [1.54, 1.807) is 16.4 Å². The van der Waals surface area contributed by atoms with E-state index in [9.17, 15) is 13.2 Å². The minimum atomic E-state index is -3.59. The van der Waals surface area contributed by atoms with Crippen molar-refractivity contribution < 1.29 is 13.2 Å². The molecule has 0 spiro atoms. The first-order valence-corrected chi connectivity index (χ1v) is 14.0. The quantitative estimate of drug-likeness (QED) is 0.636. The molecule has 0 aromatic heterocycles. The molecule has 0 aliphatic carbocycles. The zero-order chi connectivity index (χ0) is 24.1. The van der Waals surface area contributed by atoms with Crippen molar-refractivity contribution in [3.05, 3.63) is 64.7 Å². The molecule has 0 unspecified atom stereocenters. The first-order valence-electron chi connectivity index (χ1n) is 12.5. The van der Waals surface area contributed by atoms with Gasteiger partial charge in [-0.15, -0.1) is 0 Å². The maximum absolute atomic E-state index is 13.1. The van der Waals surface area contributed by atoms with Crippen LogP contribution in [-0.2, 0) is 23.1 Å². The molecular weight excluding hydrogens is 446 g/mol. The van der Waals surface area contributed by atoms with Gasteiger partial charge in [0, 0.05) is 31.7 Å². The van der Waals surface area contributed by atoms with Crippen molar-refractivity contribution in [1.82, 2.24) is 14.5 Å². The standard InChI is InChI=1S/C27H37N3O3S/c1-21-12-16-30(17-13-21)34(32,33)25-11-6-22(2)26(18-25)27(31)28-19-23-7-9-24(10-8-23)20-29-14-4-3-5-15-29/h6-11,18,21H,3-5,12-17,19-20H2,1-2H3,(H,28,31). The van der Waals surface area contributed by atoms with Crippen molar-refractivity contribution in [2.45, 2.75) is 63.9 Å². The van der Waals surface area contributed by atoms with Crippen molar-refractivity contribution in [1.29, 1.82) is 0 Å². The summed E-state index contributed by atoms with van der Waals surface area (Å²) in [5, 5.41) is 2.96. The average Bonchev–Trinajstić information content (AvgIpc) is 2.84. The van der Waals surface area contributed by atoms with Gasteiger partial charge in [0.1, 0.15) is 0 Å². The molecule has 1 N–H and O–H groups in total. The van der Waals surface area contributed by atoms with Crippen LogP contribution in [0.25, 0.3) is 0 Å². The molecule has 2 heterocycles. The number of carbonyl (C=O) groups is 1. The Balaban J connectivity index is 1.38. The van der Waals surface area contributed by atoms with Crippen LogP contribution in [0.15, 0.2) is 47.4 Å². The fourth-order valence-corrected chi connectivity index (χ4v) is 6.29. The molecule has 0 saturated carbocycles. The molecule has 0 radical (unpaired) electrons. The Hall–Kier alpha value is -2.22. The van der Waals surface area contributed by atoms with Crippen LogP contribution in [0.1, 0.15) is 66.1 Å². The molecule has 184 valence electrons. The first-order chi connectivity index (χ1) is 16.3. The first kappa shape index (κ1) is 24.9. The van der Waals surface area contributed by atoms with Gasteiger partial charge in [0.25, 0.3) is 5.91 Å². The van der Waals surface area contributed by atoms with Crippen LogP contribution in [0.4, 0.5) is 0 Å². The van der Waals surface area contributed by atoms with Gasteiger partial charge in [0.2, 0.25) is 10.0 Å². The molecule has 4 rings (SSSR count). The Morgan fingerprint density at radius 3 is 2.26 bits per heavy atom. The van der Waals surface area contributed by atoms with Crippen molar-refractivity contribution in [2.75, 3.05) is 26.2 Å². The van der Waals surface area contributed by atoms with Gasteiger partial charge < -0.3 is 5.32 Å². The topological polar surface area (TPSA) is 69.7 Å². The van der Waals surface area contributed by atoms with Crippen molar-refractivity contribution in [3.63, 3.8) is 0 Å². The Morgan fingerprint density at radius 2 is 1.59 bits per heavy atom. The van der Waals surface area contributed by atoms with E-state index in [1.165, 1.54) is 44.0 Å². The predicted octanol–water partition coefficient (Wildman–Crippen LogP) is 4.33. The molecule has 2 aliphatic heterocycles. The number of rotatable bonds is 7. The Morgan fingerprint density at radius 1 is 0.941 bits per heavy atom. The SMILES string of the molecule is Cc1ccc(S(=O)(=O)N2CCC(C)CC2)cc1C(=O)NCc1ccc(CN2CCCCC2)cc1. The summed E-state index contributed by atoms with van der Waals surface area (Å²) in [5.74, 6) is 0.295. The molecule has 0 atom stereocenters. The summed E-state index contributed by atoms with van der Waals surface area (Å²) in [6, 6.07) is 13.3. The maximum Gasteiger partial charge on any atom is 0.251 e. The Bertz CT molecular complexity index is 1080. The number of piperidine rings is 2. The third-order valence-corrected chi connectivity index (χ3v) is 9.06. The monoisotopic (exact) mass is 483 g/mol. The number of nitrogens with one attached hydrogen (secondary N) is 1. The fraction of sp³-hybridized carbons (Fsp3) is 0.519. The molecule has 2 fully saturated rings. The molecule has 34 heavy (non-hydrogen) atoms. The van der Waals surface area contributed by atoms with E-state index in [1.807, 2.05) is 6.92 Å². The van der Waals surface area contributed by atoms with E-state index in [2.05, 4.69) is 41.4 Å². The highest BCUT2D eigenvalue weighted by Crippen LogP contribution is 2.25. The van der Waals surface area contributed by atoms with Crippen molar-refractivity contribution in [3.8, 4) is 0 Å². The van der Waals surface area contributed by atoms with E-state index in [4.69, 9.17) is 0 Å². The van der Waals surface area contributed by atoms with E-state index in [0.29, 0.717) is 31.1 Å². The minimum Gasteiger partial charge on any atom is -0.348 e. The van der Waals surface area contributed by atoms with Crippen LogP contribution in [0.2, 0.25) is 0 Å². The van der Waals surface area contributed by atoms with Gasteiger partial charge in [-0.3, -0.25) is 9.69 Å². The number of amides is 1. The number of benzene rings is 2. The maximum atomic E-state index is 13.1. The van der Waals surface area contributed by atoms with Gasteiger partial charge >= 0.3 is 0 Å². The van der Waals surface area contributed by atoms with Gasteiger partial charge in [0.15, 0.2) is 0 Å². The lowest BCUT2D eigenvalue weighted by Crippen LogP contribution is -2.38. The molecule has 2 saturated heterocycles. The summed E-state index contributed by atoms with van der Waals surface area (Å²) in [4.78, 5) is 15.6. The molecule has 7 heteroatoms. The molecule has 0 bridgehead atoms. The predicted molar refractivity (Wildman–Crippen MR) is 135 cm³/mol. The number of hydrogen-bond acceptors (Lipinski definition) is 4. The summed E-state index contributed by atoms with van der Waals surface area (Å²) in [7, 11) is -3.59. The summed E-state index contributed by atoms with van der Waals surface area (Å²) >= 11 is 0.